The number of rotatable bonds is 7. The topological polar surface area (TPSA) is 61.8 Å². The molecule has 0 saturated heterocycles. The number of ketones is 1. The molecule has 5 nitrogen and oxygen atoms in total. The fourth-order valence-electron chi connectivity index (χ4n) is 3.87. The highest BCUT2D eigenvalue weighted by atomic mass is 35.5. The third kappa shape index (κ3) is 3.86. The minimum atomic E-state index is -0.508. The molecule has 0 aliphatic heterocycles. The number of hydrogen-bond donors (Lipinski definition) is 0. The number of benzene rings is 1. The van der Waals surface area contributed by atoms with Crippen LogP contribution in [0.2, 0.25) is 10.0 Å². The molecule has 1 aromatic carbocycles. The van der Waals surface area contributed by atoms with Crippen LogP contribution >= 0.6 is 23.2 Å². The van der Waals surface area contributed by atoms with Gasteiger partial charge in [0.25, 0.3) is 0 Å². The van der Waals surface area contributed by atoms with Gasteiger partial charge in [0.1, 0.15) is 17.4 Å². The second-order valence-corrected chi connectivity index (χ2v) is 7.63. The van der Waals surface area contributed by atoms with Gasteiger partial charge in [-0.2, -0.15) is 0 Å². The van der Waals surface area contributed by atoms with Gasteiger partial charge < -0.3 is 14.2 Å². The van der Waals surface area contributed by atoms with E-state index >= 15 is 0 Å². The first-order valence-corrected chi connectivity index (χ1v) is 9.71. The van der Waals surface area contributed by atoms with Gasteiger partial charge in [-0.15, -0.1) is 0 Å². The number of ether oxygens (including phenoxy) is 3. The first kappa shape index (κ1) is 20.2. The van der Waals surface area contributed by atoms with Crippen LogP contribution in [0.5, 0.6) is 5.75 Å². The van der Waals surface area contributed by atoms with E-state index in [9.17, 15) is 9.59 Å². The Bertz CT molecular complexity index is 802. The molecule has 0 heterocycles. The summed E-state index contributed by atoms with van der Waals surface area (Å²) in [6, 6.07) is 1.83. The Balaban J connectivity index is 1.84. The quantitative estimate of drug-likeness (QED) is 0.494. The van der Waals surface area contributed by atoms with Crippen molar-refractivity contribution < 1.29 is 23.8 Å². The van der Waals surface area contributed by atoms with E-state index < -0.39 is 5.97 Å². The van der Waals surface area contributed by atoms with Gasteiger partial charge in [-0.05, 0) is 42.5 Å². The summed E-state index contributed by atoms with van der Waals surface area (Å²) < 4.78 is 15.4. The first-order chi connectivity index (χ1) is 12.9. The summed E-state index contributed by atoms with van der Waals surface area (Å²) in [4.78, 5) is 23.7. The third-order valence-electron chi connectivity index (χ3n) is 5.35. The lowest BCUT2D eigenvalue weighted by Crippen LogP contribution is -2.24. The zero-order valence-electron chi connectivity index (χ0n) is 15.4. The number of carbonyl (C=O) groups is 2. The minimum Gasteiger partial charge on any atom is -0.480 e. The molecule has 0 saturated carbocycles. The number of allylic oxidation sites excluding steroid dienone is 2. The number of esters is 1. The van der Waals surface area contributed by atoms with Crippen molar-refractivity contribution >= 4 is 40.5 Å². The summed E-state index contributed by atoms with van der Waals surface area (Å²) in [7, 11) is 1.53. The van der Waals surface area contributed by atoms with E-state index in [1.807, 2.05) is 6.07 Å². The molecule has 1 atom stereocenters. The summed E-state index contributed by atoms with van der Waals surface area (Å²) in [6.07, 6.45) is 4.77. The van der Waals surface area contributed by atoms with Gasteiger partial charge in [0.05, 0.1) is 11.6 Å². The highest BCUT2D eigenvalue weighted by molar-refractivity contribution is 6.44. The Morgan fingerprint density at radius 1 is 1.26 bits per heavy atom. The average molecular weight is 413 g/mol. The smallest absolute Gasteiger partial charge is 0.344 e. The lowest BCUT2D eigenvalue weighted by Gasteiger charge is -2.32. The van der Waals surface area contributed by atoms with Crippen LogP contribution in [0, 0.1) is 5.41 Å². The van der Waals surface area contributed by atoms with E-state index in [0.717, 1.165) is 36.0 Å². The molecule has 1 unspecified atom stereocenters. The Morgan fingerprint density at radius 2 is 2.04 bits per heavy atom. The summed E-state index contributed by atoms with van der Waals surface area (Å²) in [6.45, 7) is 2.35. The Kier molecular flexibility index (Phi) is 6.14. The minimum absolute atomic E-state index is 0.0824. The van der Waals surface area contributed by atoms with Gasteiger partial charge in [0.15, 0.2) is 12.4 Å². The normalized spacial score (nSPS) is 20.7. The van der Waals surface area contributed by atoms with Crippen molar-refractivity contribution in [2.24, 2.45) is 5.41 Å². The number of halogens is 2. The maximum absolute atomic E-state index is 12.0. The fourth-order valence-corrected chi connectivity index (χ4v) is 4.39. The Morgan fingerprint density at radius 3 is 2.74 bits per heavy atom. The maximum Gasteiger partial charge on any atom is 0.344 e. The van der Waals surface area contributed by atoms with Crippen molar-refractivity contribution in [1.82, 2.24) is 0 Å². The van der Waals surface area contributed by atoms with Crippen LogP contribution in [-0.4, -0.2) is 38.7 Å². The molecule has 0 N–H and O–H groups in total. The molecular formula is C20H22Cl2O5. The molecule has 7 heteroatoms. The predicted octanol–water partition coefficient (Wildman–Crippen LogP) is 4.26. The molecule has 0 amide bonds. The molecule has 0 fully saturated rings. The predicted molar refractivity (Wildman–Crippen MR) is 103 cm³/mol. The largest absolute Gasteiger partial charge is 0.480 e. The average Bonchev–Trinajstić information content (AvgIpc) is 2.98. The van der Waals surface area contributed by atoms with Gasteiger partial charge >= 0.3 is 5.97 Å². The van der Waals surface area contributed by atoms with Gasteiger partial charge in [0, 0.05) is 24.5 Å². The molecule has 146 valence electrons. The van der Waals surface area contributed by atoms with Crippen LogP contribution < -0.4 is 4.74 Å². The van der Waals surface area contributed by atoms with Crippen LogP contribution in [0.1, 0.15) is 37.3 Å². The molecule has 0 bridgehead atoms. The molecule has 0 spiro atoms. The second kappa shape index (κ2) is 8.21. The highest BCUT2D eigenvalue weighted by Crippen LogP contribution is 2.57. The molecule has 2 aliphatic carbocycles. The lowest BCUT2D eigenvalue weighted by atomic mass is 9.71. The number of hydrogen-bond acceptors (Lipinski definition) is 5. The van der Waals surface area contributed by atoms with E-state index in [-0.39, 0.29) is 29.4 Å². The zero-order chi connectivity index (χ0) is 19.6. The summed E-state index contributed by atoms with van der Waals surface area (Å²) in [5.41, 5.74) is 2.73. The molecule has 3 rings (SSSR count). The standard InChI is InChI=1S/C20H22Cl2O5/c1-3-20-5-4-13(23)9-14(20)17-12(10-20)8-15(18(21)19(17)22)27-11-16(24)26-7-6-25-2/h8-9H,3-7,10-11H2,1-2H3. The number of fused-ring (bicyclic) bond motifs is 3. The monoisotopic (exact) mass is 412 g/mol. The maximum atomic E-state index is 12.0. The van der Waals surface area contributed by atoms with Crippen molar-refractivity contribution in [3.8, 4) is 5.75 Å². The zero-order valence-corrected chi connectivity index (χ0v) is 16.9. The van der Waals surface area contributed by atoms with E-state index in [4.69, 9.17) is 37.4 Å². The highest BCUT2D eigenvalue weighted by Gasteiger charge is 2.44. The van der Waals surface area contributed by atoms with E-state index in [1.165, 1.54) is 7.11 Å². The van der Waals surface area contributed by atoms with Crippen LogP contribution in [0.25, 0.3) is 5.57 Å². The Labute approximate surface area is 168 Å². The Hall–Kier alpha value is -1.56. The van der Waals surface area contributed by atoms with E-state index in [1.54, 1.807) is 6.08 Å². The van der Waals surface area contributed by atoms with E-state index in [2.05, 4.69) is 6.92 Å². The van der Waals surface area contributed by atoms with Crippen molar-refractivity contribution in [2.45, 2.75) is 32.6 Å². The molecular weight excluding hydrogens is 391 g/mol. The molecule has 2 aliphatic rings. The van der Waals surface area contributed by atoms with Gasteiger partial charge in [-0.3, -0.25) is 4.79 Å². The van der Waals surface area contributed by atoms with Gasteiger partial charge in [-0.25, -0.2) is 4.79 Å². The lowest BCUT2D eigenvalue weighted by molar-refractivity contribution is -0.147. The summed E-state index contributed by atoms with van der Waals surface area (Å²) >= 11 is 13.0. The van der Waals surface area contributed by atoms with Crippen LogP contribution in [-0.2, 0) is 25.5 Å². The first-order valence-electron chi connectivity index (χ1n) is 8.95. The van der Waals surface area contributed by atoms with Crippen LogP contribution in [0.3, 0.4) is 0 Å². The van der Waals surface area contributed by atoms with Crippen LogP contribution in [0.15, 0.2) is 12.1 Å². The van der Waals surface area contributed by atoms with Crippen LogP contribution in [0.4, 0.5) is 0 Å². The van der Waals surface area contributed by atoms with Gasteiger partial charge in [-0.1, -0.05) is 30.1 Å². The van der Waals surface area contributed by atoms with E-state index in [0.29, 0.717) is 23.8 Å². The number of carbonyl (C=O) groups excluding carboxylic acids is 2. The van der Waals surface area contributed by atoms with Crippen molar-refractivity contribution in [1.29, 1.82) is 0 Å². The molecule has 0 radical (unpaired) electrons. The molecule has 0 aromatic heterocycles. The second-order valence-electron chi connectivity index (χ2n) is 6.87. The van der Waals surface area contributed by atoms with Gasteiger partial charge in [0.2, 0.25) is 0 Å². The summed E-state index contributed by atoms with van der Waals surface area (Å²) in [5, 5.41) is 0.610. The van der Waals surface area contributed by atoms with Crippen molar-refractivity contribution in [3.63, 3.8) is 0 Å². The number of methoxy groups -OCH3 is 1. The molecule has 27 heavy (non-hydrogen) atoms. The SMILES string of the molecule is CCC12CCC(=O)C=C1c1c(cc(OCC(=O)OCCOC)c(Cl)c1Cl)C2. The molecule has 1 aromatic rings. The van der Waals surface area contributed by atoms with Crippen molar-refractivity contribution in [2.75, 3.05) is 26.9 Å². The third-order valence-corrected chi connectivity index (χ3v) is 6.20. The summed E-state index contributed by atoms with van der Waals surface area (Å²) in [5.74, 6) is -0.0408. The van der Waals surface area contributed by atoms with Crippen molar-refractivity contribution in [3.05, 3.63) is 33.3 Å². The fraction of sp³-hybridized carbons (Fsp3) is 0.500.